The molecule has 0 aliphatic rings. The number of halogens is 1. The Balaban J connectivity index is 2.43. The zero-order chi connectivity index (χ0) is 15.1. The molecule has 0 saturated heterocycles. The molecule has 0 heterocycles. The molecule has 0 fully saturated rings. The lowest BCUT2D eigenvalue weighted by atomic mass is 10.1. The van der Waals surface area contributed by atoms with Gasteiger partial charge in [-0.2, -0.15) is 0 Å². The van der Waals surface area contributed by atoms with E-state index in [1.165, 1.54) is 0 Å². The summed E-state index contributed by atoms with van der Waals surface area (Å²) in [4.78, 5) is 22.2. The molecule has 0 aliphatic heterocycles. The molecular weight excluding hydrogens is 324 g/mol. The van der Waals surface area contributed by atoms with Crippen molar-refractivity contribution >= 4 is 33.6 Å². The number of aliphatic carboxylic acids is 1. The van der Waals surface area contributed by atoms with Crippen LogP contribution >= 0.6 is 15.9 Å². The van der Waals surface area contributed by atoms with Gasteiger partial charge in [-0.15, -0.1) is 0 Å². The maximum absolute atomic E-state index is 11.8. The van der Waals surface area contributed by atoms with Gasteiger partial charge in [-0.25, -0.2) is 4.79 Å². The number of rotatable bonds is 6. The summed E-state index contributed by atoms with van der Waals surface area (Å²) in [5.74, 6) is -0.814. The Bertz CT molecular complexity index is 491. The molecular formula is C14H19BrN2O3. The normalized spacial score (nSPS) is 11.8. The van der Waals surface area contributed by atoms with Crippen LogP contribution in [-0.2, 0) is 4.79 Å². The van der Waals surface area contributed by atoms with Crippen LogP contribution in [0, 0.1) is 6.92 Å². The third-order valence-electron chi connectivity index (χ3n) is 2.78. The summed E-state index contributed by atoms with van der Waals surface area (Å²) in [6, 6.07) is 5.33. The smallest absolute Gasteiger partial charge is 0.319 e. The number of carboxylic acid groups (broad SMARTS) is 1. The summed E-state index contributed by atoms with van der Waals surface area (Å²) in [6.07, 6.45) is 1.30. The maximum atomic E-state index is 11.8. The van der Waals surface area contributed by atoms with Gasteiger partial charge in [0, 0.05) is 16.9 Å². The minimum absolute atomic E-state index is 0.0714. The first kappa shape index (κ1) is 16.5. The standard InChI is InChI=1S/C14H19BrN2O3/c1-9-6-7-11(15)12(8-9)17-14(20)16-10(2)4-3-5-13(18)19/h6-8,10H,3-5H2,1-2H3,(H,18,19)(H2,16,17,20). The lowest BCUT2D eigenvalue weighted by molar-refractivity contribution is -0.137. The van der Waals surface area contributed by atoms with Crippen LogP contribution in [0.1, 0.15) is 31.7 Å². The van der Waals surface area contributed by atoms with Crippen LogP contribution < -0.4 is 10.6 Å². The van der Waals surface area contributed by atoms with Gasteiger partial charge in [-0.3, -0.25) is 4.79 Å². The fourth-order valence-electron chi connectivity index (χ4n) is 1.75. The van der Waals surface area contributed by atoms with Crippen molar-refractivity contribution < 1.29 is 14.7 Å². The Morgan fingerprint density at radius 3 is 2.75 bits per heavy atom. The van der Waals surface area contributed by atoms with Crippen molar-refractivity contribution in [2.75, 3.05) is 5.32 Å². The van der Waals surface area contributed by atoms with Gasteiger partial charge in [0.15, 0.2) is 0 Å². The number of hydrogen-bond donors (Lipinski definition) is 3. The Morgan fingerprint density at radius 2 is 2.10 bits per heavy atom. The topological polar surface area (TPSA) is 78.4 Å². The highest BCUT2D eigenvalue weighted by Gasteiger charge is 2.09. The molecule has 1 aromatic carbocycles. The summed E-state index contributed by atoms with van der Waals surface area (Å²) in [5, 5.41) is 14.1. The minimum atomic E-state index is -0.814. The second-order valence-corrected chi connectivity index (χ2v) is 5.62. The van der Waals surface area contributed by atoms with Crippen LogP contribution in [0.25, 0.3) is 0 Å². The van der Waals surface area contributed by atoms with E-state index < -0.39 is 5.97 Å². The van der Waals surface area contributed by atoms with Crippen LogP contribution in [0.3, 0.4) is 0 Å². The SMILES string of the molecule is Cc1ccc(Br)c(NC(=O)NC(C)CCCC(=O)O)c1. The number of carbonyl (C=O) groups is 2. The molecule has 20 heavy (non-hydrogen) atoms. The van der Waals surface area contributed by atoms with Gasteiger partial charge in [-0.05, 0) is 60.3 Å². The van der Waals surface area contributed by atoms with Crippen molar-refractivity contribution in [3.05, 3.63) is 28.2 Å². The number of carboxylic acids is 1. The molecule has 1 aromatic rings. The highest BCUT2D eigenvalue weighted by molar-refractivity contribution is 9.10. The Morgan fingerprint density at radius 1 is 1.40 bits per heavy atom. The summed E-state index contributed by atoms with van der Waals surface area (Å²) in [6.45, 7) is 3.80. The van der Waals surface area contributed by atoms with Gasteiger partial charge in [0.05, 0.1) is 5.69 Å². The van der Waals surface area contributed by atoms with E-state index in [-0.39, 0.29) is 18.5 Å². The zero-order valence-corrected chi connectivity index (χ0v) is 13.2. The van der Waals surface area contributed by atoms with E-state index in [0.717, 1.165) is 10.0 Å². The lowest BCUT2D eigenvalue weighted by Crippen LogP contribution is -2.36. The minimum Gasteiger partial charge on any atom is -0.481 e. The van der Waals surface area contributed by atoms with Crippen LogP contribution in [-0.4, -0.2) is 23.1 Å². The van der Waals surface area contributed by atoms with E-state index in [4.69, 9.17) is 5.11 Å². The average molecular weight is 343 g/mol. The molecule has 5 nitrogen and oxygen atoms in total. The number of hydrogen-bond acceptors (Lipinski definition) is 2. The summed E-state index contributed by atoms with van der Waals surface area (Å²) >= 11 is 3.38. The molecule has 1 atom stereocenters. The van der Waals surface area contributed by atoms with E-state index in [0.29, 0.717) is 18.5 Å². The number of anilines is 1. The van der Waals surface area contributed by atoms with E-state index in [2.05, 4.69) is 26.6 Å². The number of carbonyl (C=O) groups excluding carboxylic acids is 1. The third kappa shape index (κ3) is 6.06. The largest absolute Gasteiger partial charge is 0.481 e. The molecule has 1 unspecified atom stereocenters. The fraction of sp³-hybridized carbons (Fsp3) is 0.429. The van der Waals surface area contributed by atoms with E-state index in [1.807, 2.05) is 32.0 Å². The Kier molecular flexibility index (Phi) is 6.51. The van der Waals surface area contributed by atoms with Gasteiger partial charge < -0.3 is 15.7 Å². The van der Waals surface area contributed by atoms with Crippen LogP contribution in [0.4, 0.5) is 10.5 Å². The third-order valence-corrected chi connectivity index (χ3v) is 3.47. The number of urea groups is 1. The molecule has 3 N–H and O–H groups in total. The predicted molar refractivity (Wildman–Crippen MR) is 82.0 cm³/mol. The van der Waals surface area contributed by atoms with Crippen LogP contribution in [0.2, 0.25) is 0 Å². The summed E-state index contributed by atoms with van der Waals surface area (Å²) in [7, 11) is 0. The van der Waals surface area contributed by atoms with E-state index in [9.17, 15) is 9.59 Å². The lowest BCUT2D eigenvalue weighted by Gasteiger charge is -2.15. The quantitative estimate of drug-likeness (QED) is 0.739. The number of amides is 2. The van der Waals surface area contributed by atoms with Crippen LogP contribution in [0.5, 0.6) is 0 Å². The molecule has 0 aliphatic carbocycles. The Labute approximate surface area is 126 Å². The molecule has 110 valence electrons. The molecule has 0 bridgehead atoms. The van der Waals surface area contributed by atoms with Crippen molar-refractivity contribution in [2.24, 2.45) is 0 Å². The van der Waals surface area contributed by atoms with Crippen molar-refractivity contribution in [1.29, 1.82) is 0 Å². The van der Waals surface area contributed by atoms with Gasteiger partial charge in [-0.1, -0.05) is 6.07 Å². The second-order valence-electron chi connectivity index (χ2n) is 4.77. The van der Waals surface area contributed by atoms with Gasteiger partial charge in [0.25, 0.3) is 0 Å². The number of benzene rings is 1. The van der Waals surface area contributed by atoms with Crippen molar-refractivity contribution in [3.63, 3.8) is 0 Å². The fourth-order valence-corrected chi connectivity index (χ4v) is 2.09. The van der Waals surface area contributed by atoms with Crippen molar-refractivity contribution in [2.45, 2.75) is 39.2 Å². The van der Waals surface area contributed by atoms with E-state index >= 15 is 0 Å². The molecule has 2 amide bonds. The monoisotopic (exact) mass is 342 g/mol. The number of nitrogens with one attached hydrogen (secondary N) is 2. The first-order valence-corrected chi connectivity index (χ1v) is 7.23. The summed E-state index contributed by atoms with van der Waals surface area (Å²) < 4.78 is 0.816. The van der Waals surface area contributed by atoms with Crippen molar-refractivity contribution in [3.8, 4) is 0 Å². The molecule has 0 saturated carbocycles. The average Bonchev–Trinajstić information content (AvgIpc) is 2.33. The Hall–Kier alpha value is -1.56. The molecule has 1 rings (SSSR count). The maximum Gasteiger partial charge on any atom is 0.319 e. The molecule has 6 heteroatoms. The molecule has 0 radical (unpaired) electrons. The van der Waals surface area contributed by atoms with Crippen molar-refractivity contribution in [1.82, 2.24) is 5.32 Å². The van der Waals surface area contributed by atoms with Gasteiger partial charge >= 0.3 is 12.0 Å². The zero-order valence-electron chi connectivity index (χ0n) is 11.6. The molecule has 0 spiro atoms. The van der Waals surface area contributed by atoms with E-state index in [1.54, 1.807) is 0 Å². The first-order chi connectivity index (χ1) is 9.38. The summed E-state index contributed by atoms with van der Waals surface area (Å²) in [5.41, 5.74) is 1.76. The molecule has 0 aromatic heterocycles. The highest BCUT2D eigenvalue weighted by atomic mass is 79.9. The first-order valence-electron chi connectivity index (χ1n) is 6.44. The number of aryl methyl sites for hydroxylation is 1. The predicted octanol–water partition coefficient (Wildman–Crippen LogP) is 3.52. The highest BCUT2D eigenvalue weighted by Crippen LogP contribution is 2.23. The van der Waals surface area contributed by atoms with Crippen LogP contribution in [0.15, 0.2) is 22.7 Å². The van der Waals surface area contributed by atoms with Gasteiger partial charge in [0.2, 0.25) is 0 Å². The van der Waals surface area contributed by atoms with Gasteiger partial charge in [0.1, 0.15) is 0 Å². The second kappa shape index (κ2) is 7.89.